The van der Waals surface area contributed by atoms with Crippen molar-refractivity contribution in [3.63, 3.8) is 0 Å². The van der Waals surface area contributed by atoms with Gasteiger partial charge in [0, 0.05) is 34.4 Å². The normalized spacial score (nSPS) is 17.2. The van der Waals surface area contributed by atoms with Crippen molar-refractivity contribution >= 4 is 34.3 Å². The number of nitrogens with zero attached hydrogens (tertiary/aromatic N) is 1. The molecule has 1 N–H and O–H groups in total. The minimum Gasteiger partial charge on any atom is -0.292 e. The fourth-order valence-corrected chi connectivity index (χ4v) is 5.72. The summed E-state index contributed by atoms with van der Waals surface area (Å²) < 4.78 is 71.9. The lowest BCUT2D eigenvalue weighted by Crippen LogP contribution is -2.33. The van der Waals surface area contributed by atoms with Crippen molar-refractivity contribution in [3.05, 3.63) is 61.3 Å². The van der Waals surface area contributed by atoms with Crippen LogP contribution in [0.4, 0.5) is 22.0 Å². The molecular weight excluding hydrogens is 463 g/mol. The summed E-state index contributed by atoms with van der Waals surface area (Å²) >= 11 is 6.80. The molecule has 0 bridgehead atoms. The van der Waals surface area contributed by atoms with E-state index in [9.17, 15) is 31.5 Å². The third kappa shape index (κ3) is 3.18. The Kier molecular flexibility index (Phi) is 4.37. The molecule has 31 heavy (non-hydrogen) atoms. The zero-order valence-corrected chi connectivity index (χ0v) is 17.1. The number of benzene rings is 2. The van der Waals surface area contributed by atoms with Crippen LogP contribution in [0.3, 0.4) is 0 Å². The minimum absolute atomic E-state index is 0.0189. The van der Waals surface area contributed by atoms with Crippen LogP contribution in [-0.2, 0) is 12.7 Å². The van der Waals surface area contributed by atoms with Gasteiger partial charge in [0.25, 0.3) is 5.56 Å². The zero-order chi connectivity index (χ0) is 22.3. The predicted molar refractivity (Wildman–Crippen MR) is 107 cm³/mol. The Morgan fingerprint density at radius 1 is 1.10 bits per heavy atom. The fraction of sp³-hybridized carbons (Fsp3) is 0.300. The van der Waals surface area contributed by atoms with Crippen LogP contribution in [0.25, 0.3) is 22.0 Å². The van der Waals surface area contributed by atoms with E-state index in [1.807, 2.05) is 0 Å². The van der Waals surface area contributed by atoms with Crippen molar-refractivity contribution in [1.82, 2.24) is 9.55 Å². The molecule has 1 spiro atoms. The Hall–Kier alpha value is -2.33. The summed E-state index contributed by atoms with van der Waals surface area (Å²) in [7, 11) is 0. The van der Waals surface area contributed by atoms with Gasteiger partial charge < -0.3 is 0 Å². The van der Waals surface area contributed by atoms with E-state index in [-0.39, 0.29) is 27.8 Å². The van der Waals surface area contributed by atoms with Gasteiger partial charge >= 0.3 is 11.9 Å². The molecule has 1 aliphatic carbocycles. The first-order chi connectivity index (χ1) is 14.5. The first kappa shape index (κ1) is 20.6. The average Bonchev–Trinajstić information content (AvgIpc) is 3.47. The third-order valence-electron chi connectivity index (χ3n) is 5.79. The highest BCUT2D eigenvalue weighted by atomic mass is 35.5. The molecule has 4 nitrogen and oxygen atoms in total. The number of halogens is 6. The first-order valence-corrected chi connectivity index (χ1v) is 10.6. The number of thioether (sulfide) groups is 1. The number of aromatic amines is 1. The summed E-state index contributed by atoms with van der Waals surface area (Å²) in [5, 5.41) is -0.859. The van der Waals surface area contributed by atoms with Crippen molar-refractivity contribution < 1.29 is 22.0 Å². The van der Waals surface area contributed by atoms with Crippen LogP contribution in [0.2, 0.25) is 5.02 Å². The maximum absolute atomic E-state index is 14.7. The van der Waals surface area contributed by atoms with Crippen molar-refractivity contribution in [1.29, 1.82) is 0 Å². The minimum atomic E-state index is -4.95. The molecule has 11 heteroatoms. The van der Waals surface area contributed by atoms with Gasteiger partial charge in [-0.2, -0.15) is 13.2 Å². The van der Waals surface area contributed by atoms with Crippen LogP contribution in [0.1, 0.15) is 18.4 Å². The lowest BCUT2D eigenvalue weighted by atomic mass is 9.96. The van der Waals surface area contributed by atoms with Crippen molar-refractivity contribution in [2.45, 2.75) is 30.5 Å². The van der Waals surface area contributed by atoms with E-state index in [4.69, 9.17) is 11.6 Å². The van der Waals surface area contributed by atoms with E-state index in [0.29, 0.717) is 17.9 Å². The average molecular weight is 475 g/mol. The van der Waals surface area contributed by atoms with Crippen LogP contribution in [-0.4, -0.2) is 15.3 Å². The van der Waals surface area contributed by atoms with Crippen LogP contribution in [0, 0.1) is 17.0 Å². The molecule has 0 atom stereocenters. The molecule has 5 rings (SSSR count). The zero-order valence-electron chi connectivity index (χ0n) is 15.5. The van der Waals surface area contributed by atoms with Gasteiger partial charge in [0.15, 0.2) is 0 Å². The van der Waals surface area contributed by atoms with Crippen molar-refractivity contribution in [3.8, 4) is 11.1 Å². The lowest BCUT2D eigenvalue weighted by Gasteiger charge is -2.20. The highest BCUT2D eigenvalue weighted by Crippen LogP contribution is 2.55. The van der Waals surface area contributed by atoms with Gasteiger partial charge in [0.05, 0.1) is 21.5 Å². The summed E-state index contributed by atoms with van der Waals surface area (Å²) in [5.74, 6) is -1.95. The highest BCUT2D eigenvalue weighted by molar-refractivity contribution is 7.99. The first-order valence-electron chi connectivity index (χ1n) is 9.19. The summed E-state index contributed by atoms with van der Waals surface area (Å²) in [5.41, 5.74) is -4.32. The third-order valence-corrected chi connectivity index (χ3v) is 7.53. The standard InChI is InChI=1S/C20H12ClF5N2O2S/c21-11-4-8(12(22)5-13(11)23)14-10(20(24,25)26)3-9-15-16(14)31-7-19(1-2-19)6-28(15)18(30)27-17(9)29/h3-5H,1-2,6-7H2,(H,27,29,30). The van der Waals surface area contributed by atoms with E-state index in [1.165, 1.54) is 4.57 Å². The molecule has 1 fully saturated rings. The van der Waals surface area contributed by atoms with Gasteiger partial charge in [-0.1, -0.05) is 11.6 Å². The molecule has 2 aliphatic rings. The largest absolute Gasteiger partial charge is 0.417 e. The second kappa shape index (κ2) is 6.59. The van der Waals surface area contributed by atoms with E-state index in [2.05, 4.69) is 4.98 Å². The number of alkyl halides is 3. The molecule has 0 amide bonds. The molecule has 1 aliphatic heterocycles. The van der Waals surface area contributed by atoms with Gasteiger partial charge in [-0.05, 0) is 30.4 Å². The topological polar surface area (TPSA) is 54.9 Å². The van der Waals surface area contributed by atoms with Gasteiger partial charge in [-0.25, -0.2) is 13.6 Å². The fourth-order valence-electron chi connectivity index (χ4n) is 4.00. The van der Waals surface area contributed by atoms with Crippen LogP contribution < -0.4 is 11.2 Å². The van der Waals surface area contributed by atoms with E-state index in [0.717, 1.165) is 30.7 Å². The lowest BCUT2D eigenvalue weighted by molar-refractivity contribution is -0.137. The second-order valence-corrected chi connectivity index (χ2v) is 9.30. The number of rotatable bonds is 1. The summed E-state index contributed by atoms with van der Waals surface area (Å²) in [6.45, 7) is 0.233. The number of H-pyrrole nitrogens is 1. The van der Waals surface area contributed by atoms with Gasteiger partial charge in [0.1, 0.15) is 11.6 Å². The van der Waals surface area contributed by atoms with E-state index in [1.54, 1.807) is 0 Å². The summed E-state index contributed by atoms with van der Waals surface area (Å²) in [6, 6.07) is 1.83. The Labute approximate surface area is 180 Å². The quantitative estimate of drug-likeness (QED) is 0.390. The number of hydrogen-bond donors (Lipinski definition) is 1. The molecule has 0 saturated heterocycles. The maximum Gasteiger partial charge on any atom is 0.417 e. The molecular formula is C20H12ClF5N2O2S. The molecule has 0 radical (unpaired) electrons. The van der Waals surface area contributed by atoms with Crippen molar-refractivity contribution in [2.24, 2.45) is 5.41 Å². The predicted octanol–water partition coefficient (Wildman–Crippen LogP) is 5.19. The molecule has 0 unspecified atom stereocenters. The molecule has 1 aromatic heterocycles. The van der Waals surface area contributed by atoms with Gasteiger partial charge in [0.2, 0.25) is 0 Å². The number of nitrogens with one attached hydrogen (secondary N) is 1. The van der Waals surface area contributed by atoms with Crippen LogP contribution in [0.5, 0.6) is 0 Å². The Morgan fingerprint density at radius 3 is 2.45 bits per heavy atom. The molecule has 1 saturated carbocycles. The molecule has 3 aromatic rings. The van der Waals surface area contributed by atoms with Crippen molar-refractivity contribution in [2.75, 3.05) is 5.75 Å². The Morgan fingerprint density at radius 2 is 1.81 bits per heavy atom. The monoisotopic (exact) mass is 474 g/mol. The highest BCUT2D eigenvalue weighted by Gasteiger charge is 2.46. The number of aromatic nitrogens is 2. The second-order valence-electron chi connectivity index (χ2n) is 7.90. The molecule has 2 aromatic carbocycles. The SMILES string of the molecule is O=c1[nH]c(=O)n2c3c(c(-c4cc(Cl)c(F)cc4F)c(C(F)(F)F)cc13)SCC1(CC1)C2. The maximum atomic E-state index is 14.7. The smallest absolute Gasteiger partial charge is 0.292 e. The van der Waals surface area contributed by atoms with Gasteiger partial charge in [-0.15, -0.1) is 11.8 Å². The van der Waals surface area contributed by atoms with E-state index >= 15 is 0 Å². The summed E-state index contributed by atoms with van der Waals surface area (Å²) in [4.78, 5) is 27.0. The Balaban J connectivity index is 1.98. The van der Waals surface area contributed by atoms with E-state index < -0.39 is 50.8 Å². The molecule has 162 valence electrons. The molecule has 2 heterocycles. The van der Waals surface area contributed by atoms with Crippen LogP contribution in [0.15, 0.2) is 32.7 Å². The summed E-state index contributed by atoms with van der Waals surface area (Å²) in [6.07, 6.45) is -3.40. The van der Waals surface area contributed by atoms with Gasteiger partial charge in [-0.3, -0.25) is 14.3 Å². The Bertz CT molecular complexity index is 1390. The number of hydrogen-bond acceptors (Lipinski definition) is 3. The van der Waals surface area contributed by atoms with Crippen LogP contribution >= 0.6 is 23.4 Å².